The molecule has 1 fully saturated rings. The molecule has 0 aliphatic carbocycles. The first kappa shape index (κ1) is 19.6. The number of methoxy groups -OCH3 is 1. The molecule has 9 heteroatoms. The largest absolute Gasteiger partial charge is 0.375 e. The van der Waals surface area contributed by atoms with Crippen LogP contribution < -0.4 is 0 Å². The van der Waals surface area contributed by atoms with Crippen LogP contribution in [0.1, 0.15) is 31.2 Å². The second kappa shape index (κ2) is 7.98. The zero-order chi connectivity index (χ0) is 20.4. The number of aromatic nitrogens is 4. The van der Waals surface area contributed by atoms with Crippen LogP contribution in [0.4, 0.5) is 0 Å². The van der Waals surface area contributed by atoms with Crippen molar-refractivity contribution in [3.8, 4) is 0 Å². The predicted molar refractivity (Wildman–Crippen MR) is 105 cm³/mol. The highest BCUT2D eigenvalue weighted by Crippen LogP contribution is 2.42. The molecule has 1 spiro atoms. The Labute approximate surface area is 170 Å². The van der Waals surface area contributed by atoms with Crippen molar-refractivity contribution in [1.29, 1.82) is 0 Å². The number of amides is 2. The third kappa shape index (κ3) is 3.55. The van der Waals surface area contributed by atoms with Crippen LogP contribution >= 0.6 is 0 Å². The summed E-state index contributed by atoms with van der Waals surface area (Å²) in [6.45, 7) is 4.41. The number of fused-ring (bicyclic) bond motifs is 2. The maximum absolute atomic E-state index is 13.0. The second-order valence-corrected chi connectivity index (χ2v) is 7.94. The minimum absolute atomic E-state index is 0.0204. The van der Waals surface area contributed by atoms with Crippen LogP contribution in [0.3, 0.4) is 0 Å². The molecule has 2 aliphatic heterocycles. The molecular weight excluding hydrogens is 372 g/mol. The maximum atomic E-state index is 13.0. The molecule has 1 unspecified atom stereocenters. The molecule has 2 aromatic heterocycles. The van der Waals surface area contributed by atoms with Gasteiger partial charge in [-0.2, -0.15) is 5.10 Å². The van der Waals surface area contributed by atoms with E-state index in [0.29, 0.717) is 39.0 Å². The van der Waals surface area contributed by atoms with Crippen molar-refractivity contribution in [3.63, 3.8) is 0 Å². The van der Waals surface area contributed by atoms with Gasteiger partial charge in [-0.3, -0.25) is 14.3 Å². The lowest BCUT2D eigenvalue weighted by Gasteiger charge is -2.50. The Hall–Kier alpha value is -2.68. The molecule has 9 nitrogen and oxygen atoms in total. The first-order chi connectivity index (χ1) is 14.0. The summed E-state index contributed by atoms with van der Waals surface area (Å²) in [7, 11) is 1.54. The lowest BCUT2D eigenvalue weighted by molar-refractivity contribution is -0.148. The molecule has 1 saturated heterocycles. The van der Waals surface area contributed by atoms with E-state index in [1.165, 1.54) is 7.11 Å². The number of H-pyrrole nitrogens is 1. The van der Waals surface area contributed by atoms with E-state index < -0.39 is 5.54 Å². The van der Waals surface area contributed by atoms with Crippen LogP contribution in [0, 0.1) is 5.92 Å². The van der Waals surface area contributed by atoms with E-state index in [9.17, 15) is 9.59 Å². The van der Waals surface area contributed by atoms with Gasteiger partial charge in [-0.05, 0) is 18.9 Å². The van der Waals surface area contributed by atoms with E-state index in [1.807, 2.05) is 29.0 Å². The monoisotopic (exact) mass is 400 g/mol. The van der Waals surface area contributed by atoms with Gasteiger partial charge in [-0.25, -0.2) is 4.98 Å². The quantitative estimate of drug-likeness (QED) is 0.801. The highest BCUT2D eigenvalue weighted by atomic mass is 16.5. The van der Waals surface area contributed by atoms with Crippen LogP contribution in [0.5, 0.6) is 0 Å². The summed E-state index contributed by atoms with van der Waals surface area (Å²) in [5, 5.41) is 4.20. The molecule has 156 valence electrons. The van der Waals surface area contributed by atoms with Crippen molar-refractivity contribution >= 4 is 11.8 Å². The van der Waals surface area contributed by atoms with Crippen LogP contribution in [0.15, 0.2) is 24.8 Å². The van der Waals surface area contributed by atoms with Gasteiger partial charge in [0.2, 0.25) is 11.8 Å². The third-order valence-corrected chi connectivity index (χ3v) is 6.17. The molecule has 1 N–H and O–H groups in total. The minimum atomic E-state index is -0.467. The van der Waals surface area contributed by atoms with Gasteiger partial charge >= 0.3 is 0 Å². The Morgan fingerprint density at radius 1 is 1.31 bits per heavy atom. The third-order valence-electron chi connectivity index (χ3n) is 6.17. The molecule has 0 bridgehead atoms. The van der Waals surface area contributed by atoms with Crippen LogP contribution in [0.2, 0.25) is 0 Å². The van der Waals surface area contributed by atoms with Gasteiger partial charge in [0, 0.05) is 51.3 Å². The Morgan fingerprint density at radius 3 is 2.79 bits per heavy atom. The number of hydrogen-bond acceptors (Lipinski definition) is 5. The number of aromatic amines is 1. The number of ether oxygens (including phenoxy) is 1. The lowest BCUT2D eigenvalue weighted by atomic mass is 9.78. The number of nitrogens with zero attached hydrogens (tertiary/aromatic N) is 5. The number of carbonyl (C=O) groups is 2. The van der Waals surface area contributed by atoms with Crippen molar-refractivity contribution in [2.24, 2.45) is 5.92 Å². The molecule has 2 aromatic rings. The summed E-state index contributed by atoms with van der Waals surface area (Å²) in [5.74, 6) is -0.0429. The minimum Gasteiger partial charge on any atom is -0.375 e. The molecule has 0 radical (unpaired) electrons. The number of carbonyl (C=O) groups excluding carboxylic acids is 2. The molecular formula is C20H28N6O3. The van der Waals surface area contributed by atoms with Gasteiger partial charge in [0.1, 0.15) is 6.61 Å². The number of likely N-dealkylation sites (tertiary alicyclic amines) is 1. The van der Waals surface area contributed by atoms with E-state index in [2.05, 4.69) is 15.1 Å². The molecule has 1 atom stereocenters. The van der Waals surface area contributed by atoms with E-state index in [4.69, 9.17) is 4.74 Å². The molecule has 2 amide bonds. The molecule has 2 aliphatic rings. The summed E-state index contributed by atoms with van der Waals surface area (Å²) in [6, 6.07) is 1.86. The summed E-state index contributed by atoms with van der Waals surface area (Å²) < 4.78 is 6.90. The number of imidazole rings is 1. The fraction of sp³-hybridized carbons (Fsp3) is 0.600. The second-order valence-electron chi connectivity index (χ2n) is 7.94. The average Bonchev–Trinajstić information content (AvgIpc) is 3.41. The summed E-state index contributed by atoms with van der Waals surface area (Å²) in [6.07, 6.45) is 7.42. The number of nitrogens with one attached hydrogen (secondary N) is 1. The van der Waals surface area contributed by atoms with Crippen LogP contribution in [0.25, 0.3) is 0 Å². The molecule has 4 rings (SSSR count). The average molecular weight is 400 g/mol. The van der Waals surface area contributed by atoms with Gasteiger partial charge in [0.15, 0.2) is 0 Å². The van der Waals surface area contributed by atoms with Crippen molar-refractivity contribution in [3.05, 3.63) is 36.2 Å². The summed E-state index contributed by atoms with van der Waals surface area (Å²) in [5.41, 5.74) is 1.58. The van der Waals surface area contributed by atoms with Gasteiger partial charge < -0.3 is 19.5 Å². The number of rotatable bonds is 5. The van der Waals surface area contributed by atoms with Crippen molar-refractivity contribution < 1.29 is 14.3 Å². The first-order valence-electron chi connectivity index (χ1n) is 10.1. The lowest BCUT2D eigenvalue weighted by Crippen LogP contribution is -2.59. The smallest absolute Gasteiger partial charge is 0.249 e. The highest BCUT2D eigenvalue weighted by Gasteiger charge is 2.49. The van der Waals surface area contributed by atoms with Gasteiger partial charge in [-0.15, -0.1) is 0 Å². The Morgan fingerprint density at radius 2 is 2.10 bits per heavy atom. The zero-order valence-corrected chi connectivity index (χ0v) is 17.0. The summed E-state index contributed by atoms with van der Waals surface area (Å²) in [4.78, 5) is 37.4. The highest BCUT2D eigenvalue weighted by molar-refractivity contribution is 5.80. The SMILES string of the molecule is COCC(=O)N1CCc2[nH]cnc2C12CCN(C(=O)C(C)Cn1cccn1)CC2. The molecule has 0 aromatic carbocycles. The fourth-order valence-corrected chi connectivity index (χ4v) is 4.73. The fourth-order valence-electron chi connectivity index (χ4n) is 4.73. The Bertz CT molecular complexity index is 853. The molecule has 4 heterocycles. The molecule has 0 saturated carbocycles. The predicted octanol–water partition coefficient (Wildman–Crippen LogP) is 0.791. The van der Waals surface area contributed by atoms with Crippen LogP contribution in [-0.4, -0.2) is 74.7 Å². The zero-order valence-electron chi connectivity index (χ0n) is 17.0. The molecule has 29 heavy (non-hydrogen) atoms. The summed E-state index contributed by atoms with van der Waals surface area (Å²) >= 11 is 0. The van der Waals surface area contributed by atoms with Gasteiger partial charge in [0.05, 0.1) is 30.0 Å². The van der Waals surface area contributed by atoms with Gasteiger partial charge in [0.25, 0.3) is 0 Å². The van der Waals surface area contributed by atoms with Gasteiger partial charge in [-0.1, -0.05) is 6.92 Å². The maximum Gasteiger partial charge on any atom is 0.249 e. The topological polar surface area (TPSA) is 96.4 Å². The first-order valence-corrected chi connectivity index (χ1v) is 10.1. The van der Waals surface area contributed by atoms with E-state index in [-0.39, 0.29) is 24.3 Å². The number of hydrogen-bond donors (Lipinski definition) is 1. The number of piperidine rings is 1. The van der Waals surface area contributed by atoms with E-state index in [1.54, 1.807) is 17.2 Å². The van der Waals surface area contributed by atoms with E-state index in [0.717, 1.165) is 17.8 Å². The van der Waals surface area contributed by atoms with Crippen molar-refractivity contribution in [2.75, 3.05) is 33.4 Å². The standard InChI is InChI=1S/C20H28N6O3/c1-15(12-25-8-3-7-23-25)19(28)24-10-5-20(6-11-24)18-16(21-14-22-18)4-9-26(20)17(27)13-29-2/h3,7-8,14-15H,4-6,9-13H2,1-2H3,(H,21,22). The van der Waals surface area contributed by atoms with Crippen LogP contribution in [-0.2, 0) is 32.8 Å². The normalized spacial score (nSPS) is 19.2. The van der Waals surface area contributed by atoms with Crippen molar-refractivity contribution in [1.82, 2.24) is 29.5 Å². The van der Waals surface area contributed by atoms with E-state index >= 15 is 0 Å². The Balaban J connectivity index is 1.49. The van der Waals surface area contributed by atoms with Crippen molar-refractivity contribution in [2.45, 2.75) is 38.3 Å². The Kier molecular flexibility index (Phi) is 5.40.